The van der Waals surface area contributed by atoms with Crippen LogP contribution in [0.3, 0.4) is 0 Å². The minimum absolute atomic E-state index is 0.0198. The van der Waals surface area contributed by atoms with Gasteiger partial charge in [0.25, 0.3) is 5.91 Å². The molecule has 5 nitrogen and oxygen atoms in total. The van der Waals surface area contributed by atoms with Gasteiger partial charge in [-0.1, -0.05) is 30.2 Å². The minimum Gasteiger partial charge on any atom is -0.492 e. The molecule has 26 heavy (non-hydrogen) atoms. The summed E-state index contributed by atoms with van der Waals surface area (Å²) in [5.74, 6) is 3.05. The van der Waals surface area contributed by atoms with Crippen LogP contribution in [0.2, 0.25) is 0 Å². The van der Waals surface area contributed by atoms with E-state index in [0.717, 1.165) is 0 Å². The molecule has 2 rings (SSSR count). The Morgan fingerprint density at radius 2 is 1.92 bits per heavy atom. The second-order valence-electron chi connectivity index (χ2n) is 5.11. The van der Waals surface area contributed by atoms with E-state index >= 15 is 0 Å². The van der Waals surface area contributed by atoms with E-state index in [1.54, 1.807) is 42.5 Å². The van der Waals surface area contributed by atoms with E-state index in [1.807, 2.05) is 19.1 Å². The number of hydrogen-bond acceptors (Lipinski definition) is 4. The van der Waals surface area contributed by atoms with Crippen molar-refractivity contribution in [1.29, 1.82) is 5.26 Å². The molecule has 0 aliphatic heterocycles. The fourth-order valence-electron chi connectivity index (χ4n) is 2.14. The molecule has 5 heteroatoms. The van der Waals surface area contributed by atoms with Crippen molar-refractivity contribution < 1.29 is 14.3 Å². The first kappa shape index (κ1) is 18.6. The molecule has 2 aromatic rings. The van der Waals surface area contributed by atoms with Crippen LogP contribution in [0.15, 0.2) is 54.1 Å². The van der Waals surface area contributed by atoms with Gasteiger partial charge in [-0.05, 0) is 42.8 Å². The zero-order valence-corrected chi connectivity index (χ0v) is 14.4. The number of para-hydroxylation sites is 2. The molecular formula is C21H18N2O3. The third kappa shape index (κ3) is 5.15. The molecule has 0 fully saturated rings. The Balaban J connectivity index is 2.15. The van der Waals surface area contributed by atoms with Crippen LogP contribution in [0.1, 0.15) is 12.5 Å². The van der Waals surface area contributed by atoms with Crippen LogP contribution in [0, 0.1) is 23.7 Å². The second kappa shape index (κ2) is 9.56. The number of nitriles is 1. The maximum atomic E-state index is 12.4. The summed E-state index contributed by atoms with van der Waals surface area (Å²) in [4.78, 5) is 12.4. The van der Waals surface area contributed by atoms with E-state index in [2.05, 4.69) is 11.2 Å². The molecule has 1 N–H and O–H groups in total. The summed E-state index contributed by atoms with van der Waals surface area (Å²) in [7, 11) is 0. The van der Waals surface area contributed by atoms with Crippen molar-refractivity contribution in [2.24, 2.45) is 0 Å². The van der Waals surface area contributed by atoms with E-state index in [-0.39, 0.29) is 12.2 Å². The van der Waals surface area contributed by atoms with Gasteiger partial charge in [0.1, 0.15) is 29.7 Å². The maximum Gasteiger partial charge on any atom is 0.266 e. The van der Waals surface area contributed by atoms with E-state index in [9.17, 15) is 10.1 Å². The molecule has 0 aliphatic carbocycles. The Morgan fingerprint density at radius 3 is 2.58 bits per heavy atom. The smallest absolute Gasteiger partial charge is 0.266 e. The summed E-state index contributed by atoms with van der Waals surface area (Å²) in [5, 5.41) is 12.0. The van der Waals surface area contributed by atoms with E-state index in [0.29, 0.717) is 29.4 Å². The van der Waals surface area contributed by atoms with Gasteiger partial charge in [-0.2, -0.15) is 5.26 Å². The first-order chi connectivity index (χ1) is 12.7. The first-order valence-corrected chi connectivity index (χ1v) is 7.99. The summed E-state index contributed by atoms with van der Waals surface area (Å²) in [6.45, 7) is 2.51. The van der Waals surface area contributed by atoms with Gasteiger partial charge in [-0.3, -0.25) is 4.79 Å². The van der Waals surface area contributed by atoms with Crippen molar-refractivity contribution in [1.82, 2.24) is 0 Å². The molecule has 0 bridgehead atoms. The van der Waals surface area contributed by atoms with Gasteiger partial charge in [-0.25, -0.2) is 0 Å². The lowest BCUT2D eigenvalue weighted by atomic mass is 10.1. The summed E-state index contributed by atoms with van der Waals surface area (Å²) in [6, 6.07) is 15.9. The molecule has 0 radical (unpaired) electrons. The normalized spacial score (nSPS) is 10.3. The number of rotatable bonds is 7. The largest absolute Gasteiger partial charge is 0.492 e. The molecule has 0 saturated carbocycles. The third-order valence-corrected chi connectivity index (χ3v) is 3.31. The molecule has 1 amide bonds. The quantitative estimate of drug-likeness (QED) is 0.472. The molecule has 0 saturated heterocycles. The zero-order chi connectivity index (χ0) is 18.8. The molecular weight excluding hydrogens is 328 g/mol. The van der Waals surface area contributed by atoms with Crippen molar-refractivity contribution in [3.8, 4) is 29.9 Å². The van der Waals surface area contributed by atoms with E-state index in [1.165, 1.54) is 6.08 Å². The van der Waals surface area contributed by atoms with Crippen molar-refractivity contribution >= 4 is 17.7 Å². The zero-order valence-electron chi connectivity index (χ0n) is 14.4. The van der Waals surface area contributed by atoms with Crippen molar-refractivity contribution in [3.05, 3.63) is 59.7 Å². The molecule has 2 aromatic carbocycles. The number of ether oxygens (including phenoxy) is 2. The highest BCUT2D eigenvalue weighted by atomic mass is 16.5. The lowest BCUT2D eigenvalue weighted by Gasteiger charge is -2.10. The van der Waals surface area contributed by atoms with Crippen LogP contribution in [-0.2, 0) is 4.79 Å². The molecule has 130 valence electrons. The fraction of sp³-hybridized carbons (Fsp3) is 0.143. The predicted octanol–water partition coefficient (Wildman–Crippen LogP) is 3.64. The number of anilines is 1. The number of carbonyl (C=O) groups is 1. The number of nitrogens with one attached hydrogen (secondary N) is 1. The van der Waals surface area contributed by atoms with Gasteiger partial charge >= 0.3 is 0 Å². The van der Waals surface area contributed by atoms with Crippen molar-refractivity contribution in [2.45, 2.75) is 6.92 Å². The van der Waals surface area contributed by atoms with Gasteiger partial charge in [0.15, 0.2) is 0 Å². The Morgan fingerprint density at radius 1 is 1.19 bits per heavy atom. The summed E-state index contributed by atoms with van der Waals surface area (Å²) >= 11 is 0. The number of terminal acetylenes is 1. The number of benzene rings is 2. The average Bonchev–Trinajstić information content (AvgIpc) is 2.67. The number of amides is 1. The van der Waals surface area contributed by atoms with Crippen LogP contribution < -0.4 is 14.8 Å². The number of hydrogen-bond donors (Lipinski definition) is 1. The average molecular weight is 346 g/mol. The highest BCUT2D eigenvalue weighted by Gasteiger charge is 2.12. The Labute approximate surface area is 152 Å². The van der Waals surface area contributed by atoms with Crippen molar-refractivity contribution in [3.63, 3.8) is 0 Å². The summed E-state index contributed by atoms with van der Waals surface area (Å²) < 4.78 is 10.8. The topological polar surface area (TPSA) is 71.3 Å². The monoisotopic (exact) mass is 346 g/mol. The Kier molecular flexibility index (Phi) is 6.85. The lowest BCUT2D eigenvalue weighted by Crippen LogP contribution is -2.14. The first-order valence-electron chi connectivity index (χ1n) is 7.99. The van der Waals surface area contributed by atoms with E-state index < -0.39 is 5.91 Å². The molecule has 0 aliphatic rings. The van der Waals surface area contributed by atoms with Gasteiger partial charge in [0, 0.05) is 0 Å². The lowest BCUT2D eigenvalue weighted by molar-refractivity contribution is -0.112. The third-order valence-electron chi connectivity index (χ3n) is 3.31. The van der Waals surface area contributed by atoms with Crippen LogP contribution in [0.25, 0.3) is 6.08 Å². The van der Waals surface area contributed by atoms with Gasteiger partial charge in [-0.15, -0.1) is 6.42 Å². The molecule has 0 spiro atoms. The summed E-state index contributed by atoms with van der Waals surface area (Å²) in [5.41, 5.74) is 1.19. The van der Waals surface area contributed by atoms with Gasteiger partial charge < -0.3 is 14.8 Å². The maximum absolute atomic E-state index is 12.4. The van der Waals surface area contributed by atoms with Crippen LogP contribution in [0.5, 0.6) is 11.5 Å². The van der Waals surface area contributed by atoms with E-state index in [4.69, 9.17) is 15.9 Å². The number of nitrogens with zero attached hydrogens (tertiary/aromatic N) is 1. The predicted molar refractivity (Wildman–Crippen MR) is 101 cm³/mol. The Hall–Kier alpha value is -3.70. The minimum atomic E-state index is -0.507. The van der Waals surface area contributed by atoms with Crippen LogP contribution >= 0.6 is 0 Å². The molecule has 0 heterocycles. The molecule has 0 atom stereocenters. The van der Waals surface area contributed by atoms with Gasteiger partial charge in [0.2, 0.25) is 0 Å². The van der Waals surface area contributed by atoms with Crippen LogP contribution in [-0.4, -0.2) is 19.1 Å². The molecule has 0 aromatic heterocycles. The summed E-state index contributed by atoms with van der Waals surface area (Å²) in [6.07, 6.45) is 6.65. The standard InChI is InChI=1S/C21H18N2O3/c1-3-13-26-18-11-9-16(10-12-18)14-17(15-22)21(24)23-19-7-5-6-8-20(19)25-4-2/h1,5-12,14H,4,13H2,2H3,(H,23,24)/b17-14-. The Bertz CT molecular complexity index is 871. The highest BCUT2D eigenvalue weighted by molar-refractivity contribution is 6.10. The SMILES string of the molecule is C#CCOc1ccc(/C=C(/C#N)C(=O)Nc2ccccc2OCC)cc1. The van der Waals surface area contributed by atoms with Crippen LogP contribution in [0.4, 0.5) is 5.69 Å². The number of carbonyl (C=O) groups excluding carboxylic acids is 1. The fourth-order valence-corrected chi connectivity index (χ4v) is 2.14. The second-order valence-corrected chi connectivity index (χ2v) is 5.11. The highest BCUT2D eigenvalue weighted by Crippen LogP contribution is 2.24. The van der Waals surface area contributed by atoms with Gasteiger partial charge in [0.05, 0.1) is 12.3 Å². The van der Waals surface area contributed by atoms with Crippen molar-refractivity contribution in [2.75, 3.05) is 18.5 Å². The molecule has 0 unspecified atom stereocenters.